The maximum Gasteiger partial charge on any atom is 0.293 e. The monoisotopic (exact) mass is 473 g/mol. The number of fused-ring (bicyclic) bond motifs is 1. The van der Waals surface area contributed by atoms with E-state index in [1.807, 2.05) is 10.8 Å². The van der Waals surface area contributed by atoms with E-state index >= 15 is 0 Å². The number of hydrogen-bond acceptors (Lipinski definition) is 5. The van der Waals surface area contributed by atoms with E-state index in [-0.39, 0.29) is 12.2 Å². The molecule has 3 rings (SSSR count). The van der Waals surface area contributed by atoms with Gasteiger partial charge in [0.1, 0.15) is 17.3 Å². The van der Waals surface area contributed by atoms with E-state index in [1.54, 1.807) is 11.5 Å². The molecule has 0 fully saturated rings. The average Bonchev–Trinajstić information content (AvgIpc) is 3.17. The molecule has 1 amide bonds. The number of aromatic nitrogens is 2. The lowest BCUT2D eigenvalue weighted by molar-refractivity contribution is 0.0701. The number of pyridine rings is 1. The Morgan fingerprint density at radius 2 is 1.88 bits per heavy atom. The summed E-state index contributed by atoms with van der Waals surface area (Å²) in [7, 11) is 0. The van der Waals surface area contributed by atoms with Crippen molar-refractivity contribution in [3.63, 3.8) is 0 Å². The number of carbonyl (C=O) groups excluding carboxylic acids is 1. The van der Waals surface area contributed by atoms with Crippen LogP contribution in [-0.4, -0.2) is 51.7 Å². The summed E-state index contributed by atoms with van der Waals surface area (Å²) in [5, 5.41) is 13.2. The molecular weight excluding hydrogens is 440 g/mol. The zero-order chi connectivity index (χ0) is 24.5. The molecule has 0 saturated heterocycles. The first kappa shape index (κ1) is 25.7. The summed E-state index contributed by atoms with van der Waals surface area (Å²) in [5.41, 5.74) is 3.67. The number of rotatable bonds is 13. The summed E-state index contributed by atoms with van der Waals surface area (Å²) in [5.74, 6) is -1.94. The molecule has 2 heterocycles. The van der Waals surface area contributed by atoms with Gasteiger partial charge in [-0.3, -0.25) is 10.0 Å². The predicted octanol–water partition coefficient (Wildman–Crippen LogP) is 4.08. The predicted molar refractivity (Wildman–Crippen MR) is 128 cm³/mol. The first-order chi connectivity index (χ1) is 16.5. The Bertz CT molecular complexity index is 1100. The molecule has 3 N–H and O–H groups in total. The molecule has 0 aliphatic heterocycles. The molecule has 0 bridgehead atoms. The van der Waals surface area contributed by atoms with Gasteiger partial charge in [-0.25, -0.2) is 19.2 Å². The van der Waals surface area contributed by atoms with Crippen LogP contribution >= 0.6 is 0 Å². The zero-order valence-electron chi connectivity index (χ0n) is 19.8. The van der Waals surface area contributed by atoms with Crippen molar-refractivity contribution in [2.75, 3.05) is 26.2 Å². The minimum absolute atomic E-state index is 0.0803. The lowest BCUT2D eigenvalue weighted by atomic mass is 10.1. The molecule has 0 unspecified atom stereocenters. The maximum absolute atomic E-state index is 14.3. The van der Waals surface area contributed by atoms with Crippen molar-refractivity contribution in [3.8, 4) is 0 Å². The normalized spacial score (nSPS) is 11.5. The fraction of sp³-hybridized carbons (Fsp3) is 0.440. The van der Waals surface area contributed by atoms with Crippen LogP contribution in [0.1, 0.15) is 54.7 Å². The molecule has 3 aromatic rings. The summed E-state index contributed by atoms with van der Waals surface area (Å²) >= 11 is 0. The van der Waals surface area contributed by atoms with E-state index in [0.717, 1.165) is 62.5 Å². The van der Waals surface area contributed by atoms with Gasteiger partial charge in [-0.2, -0.15) is 0 Å². The summed E-state index contributed by atoms with van der Waals surface area (Å²) in [4.78, 5) is 18.5. The van der Waals surface area contributed by atoms with Crippen LogP contribution in [0.25, 0.3) is 10.9 Å². The van der Waals surface area contributed by atoms with Gasteiger partial charge in [0.2, 0.25) is 0 Å². The minimum atomic E-state index is -0.704. The van der Waals surface area contributed by atoms with Crippen LogP contribution in [0.4, 0.5) is 8.78 Å². The van der Waals surface area contributed by atoms with E-state index in [4.69, 9.17) is 5.21 Å². The first-order valence-electron chi connectivity index (χ1n) is 11.8. The fourth-order valence-corrected chi connectivity index (χ4v) is 4.17. The highest BCUT2D eigenvalue weighted by Crippen LogP contribution is 2.24. The van der Waals surface area contributed by atoms with Crippen molar-refractivity contribution in [1.29, 1.82) is 0 Å². The molecule has 0 saturated carbocycles. The Labute approximate surface area is 198 Å². The second kappa shape index (κ2) is 12.5. The van der Waals surface area contributed by atoms with E-state index in [0.29, 0.717) is 17.6 Å². The Hall–Kier alpha value is -2.88. The summed E-state index contributed by atoms with van der Waals surface area (Å²) in [6.45, 7) is 9.19. The zero-order valence-corrected chi connectivity index (χ0v) is 19.8. The van der Waals surface area contributed by atoms with Gasteiger partial charge in [0.15, 0.2) is 0 Å². The average molecular weight is 474 g/mol. The lowest BCUT2D eigenvalue weighted by Gasteiger charge is -2.20. The Kier molecular flexibility index (Phi) is 9.50. The van der Waals surface area contributed by atoms with Gasteiger partial charge in [0, 0.05) is 29.8 Å². The SMILES string of the molecule is CCCN(CCC)CCCNCc1cn(Cc2ccc(F)cc2F)c2cnc(C(=O)NO)cc12. The highest BCUT2D eigenvalue weighted by atomic mass is 19.1. The fourth-order valence-electron chi connectivity index (χ4n) is 4.17. The van der Waals surface area contributed by atoms with Crippen LogP contribution in [0.5, 0.6) is 0 Å². The number of nitrogens with zero attached hydrogens (tertiary/aromatic N) is 3. The molecule has 1 aromatic carbocycles. The topological polar surface area (TPSA) is 82.4 Å². The third kappa shape index (κ3) is 6.59. The van der Waals surface area contributed by atoms with E-state index in [2.05, 4.69) is 29.0 Å². The van der Waals surface area contributed by atoms with E-state index in [9.17, 15) is 13.6 Å². The lowest BCUT2D eigenvalue weighted by Crippen LogP contribution is -2.29. The number of hydrogen-bond donors (Lipinski definition) is 3. The largest absolute Gasteiger partial charge is 0.341 e. The van der Waals surface area contributed by atoms with Crippen molar-refractivity contribution < 1.29 is 18.8 Å². The van der Waals surface area contributed by atoms with Gasteiger partial charge in [-0.1, -0.05) is 19.9 Å². The number of nitrogens with one attached hydrogen (secondary N) is 2. The minimum Gasteiger partial charge on any atom is -0.341 e. The van der Waals surface area contributed by atoms with Crippen molar-refractivity contribution in [2.45, 2.75) is 46.2 Å². The van der Waals surface area contributed by atoms with Crippen LogP contribution in [0.3, 0.4) is 0 Å². The first-order valence-corrected chi connectivity index (χ1v) is 11.8. The maximum atomic E-state index is 14.3. The number of halogens is 2. The standard InChI is InChI=1S/C25H33F2N5O2/c1-3-9-31(10-4-2)11-5-8-28-14-19-17-32(16-18-6-7-20(26)12-22(18)27)24-15-29-23(13-21(19)24)25(33)30-34/h6-7,12-13,15,17,28,34H,3-5,8-11,14,16H2,1-2H3,(H,30,33). The summed E-state index contributed by atoms with van der Waals surface area (Å²) < 4.78 is 29.4. The third-order valence-corrected chi connectivity index (χ3v) is 5.76. The molecule has 0 aliphatic rings. The number of benzene rings is 1. The smallest absolute Gasteiger partial charge is 0.293 e. The Morgan fingerprint density at radius 3 is 2.56 bits per heavy atom. The van der Waals surface area contributed by atoms with Gasteiger partial charge >= 0.3 is 0 Å². The van der Waals surface area contributed by atoms with Crippen molar-refractivity contribution in [1.82, 2.24) is 25.2 Å². The van der Waals surface area contributed by atoms with Crippen LogP contribution in [0.2, 0.25) is 0 Å². The second-order valence-electron chi connectivity index (χ2n) is 8.42. The summed E-state index contributed by atoms with van der Waals surface area (Å²) in [6.07, 6.45) is 6.71. The molecule has 34 heavy (non-hydrogen) atoms. The van der Waals surface area contributed by atoms with E-state index < -0.39 is 17.5 Å². The molecule has 184 valence electrons. The third-order valence-electron chi connectivity index (χ3n) is 5.76. The molecule has 9 heteroatoms. The Morgan fingerprint density at radius 1 is 1.12 bits per heavy atom. The Balaban J connectivity index is 1.76. The van der Waals surface area contributed by atoms with Crippen molar-refractivity contribution in [2.24, 2.45) is 0 Å². The quantitative estimate of drug-likeness (QED) is 0.198. The molecule has 0 spiro atoms. The van der Waals surface area contributed by atoms with Gasteiger partial charge in [0.05, 0.1) is 18.3 Å². The number of carbonyl (C=O) groups is 1. The van der Waals surface area contributed by atoms with Crippen LogP contribution in [-0.2, 0) is 13.1 Å². The second-order valence-corrected chi connectivity index (χ2v) is 8.42. The highest BCUT2D eigenvalue weighted by molar-refractivity contribution is 5.96. The molecular formula is C25H33F2N5O2. The summed E-state index contributed by atoms with van der Waals surface area (Å²) in [6, 6.07) is 5.13. The number of hydroxylamine groups is 1. The van der Waals surface area contributed by atoms with Gasteiger partial charge in [0.25, 0.3) is 5.91 Å². The molecule has 0 aliphatic carbocycles. The molecule has 2 aromatic heterocycles. The van der Waals surface area contributed by atoms with E-state index in [1.165, 1.54) is 18.3 Å². The van der Waals surface area contributed by atoms with Gasteiger partial charge in [-0.15, -0.1) is 0 Å². The van der Waals surface area contributed by atoms with Crippen LogP contribution < -0.4 is 10.8 Å². The van der Waals surface area contributed by atoms with Gasteiger partial charge in [-0.05, 0) is 63.1 Å². The van der Waals surface area contributed by atoms with Crippen LogP contribution in [0, 0.1) is 11.6 Å². The van der Waals surface area contributed by atoms with Gasteiger partial charge < -0.3 is 14.8 Å². The molecule has 0 radical (unpaired) electrons. The van der Waals surface area contributed by atoms with Crippen LogP contribution in [0.15, 0.2) is 36.7 Å². The molecule has 0 atom stereocenters. The highest BCUT2D eigenvalue weighted by Gasteiger charge is 2.15. The van der Waals surface area contributed by atoms with Crippen molar-refractivity contribution >= 4 is 16.8 Å². The van der Waals surface area contributed by atoms with Crippen molar-refractivity contribution in [3.05, 3.63) is 65.1 Å². The molecule has 7 nitrogen and oxygen atoms in total. The number of amides is 1.